The van der Waals surface area contributed by atoms with Gasteiger partial charge in [0.05, 0.1) is 16.5 Å². The van der Waals surface area contributed by atoms with Crippen molar-refractivity contribution >= 4 is 28.5 Å². The molecule has 0 aliphatic heterocycles. The van der Waals surface area contributed by atoms with Crippen LogP contribution in [0.4, 0.5) is 0 Å². The van der Waals surface area contributed by atoms with Crippen molar-refractivity contribution in [3.8, 4) is 11.1 Å². The van der Waals surface area contributed by atoms with E-state index in [2.05, 4.69) is 19.1 Å². The minimum absolute atomic E-state index is 0.125. The van der Waals surface area contributed by atoms with Crippen LogP contribution in [0.15, 0.2) is 42.5 Å². The zero-order valence-corrected chi connectivity index (χ0v) is 21.6. The molecule has 0 N–H and O–H groups in total. The smallest absolute Gasteiger partial charge is 0.311 e. The van der Waals surface area contributed by atoms with Crippen molar-refractivity contribution in [2.24, 2.45) is 5.41 Å². The summed E-state index contributed by atoms with van der Waals surface area (Å²) in [6.07, 6.45) is -0.451. The fourth-order valence-electron chi connectivity index (χ4n) is 3.84. The first kappa shape index (κ1) is 25.2. The highest BCUT2D eigenvalue weighted by atomic mass is 35.5. The Bertz CT molecular complexity index is 1150. The lowest BCUT2D eigenvalue weighted by Crippen LogP contribution is -2.30. The molecule has 176 valence electrons. The number of aryl methyl sites for hydroxylation is 2. The van der Waals surface area contributed by atoms with Crippen molar-refractivity contribution < 1.29 is 14.3 Å². The van der Waals surface area contributed by atoms with Crippen LogP contribution in [0.5, 0.6) is 0 Å². The van der Waals surface area contributed by atoms with E-state index in [1.54, 1.807) is 0 Å². The number of aromatic nitrogens is 1. The number of ether oxygens (including phenoxy) is 2. The van der Waals surface area contributed by atoms with Crippen LogP contribution < -0.4 is 0 Å². The Balaban J connectivity index is 2.24. The molecular weight excluding hydrogens is 434 g/mol. The van der Waals surface area contributed by atoms with E-state index >= 15 is 0 Å². The summed E-state index contributed by atoms with van der Waals surface area (Å²) in [5, 5.41) is 1.70. The van der Waals surface area contributed by atoms with Crippen LogP contribution in [0.25, 0.3) is 22.0 Å². The van der Waals surface area contributed by atoms with E-state index in [4.69, 9.17) is 26.1 Å². The summed E-state index contributed by atoms with van der Waals surface area (Å²) in [7, 11) is 0. The number of nitrogens with zero attached hydrogens (tertiary/aromatic N) is 1. The molecule has 2 aromatic carbocycles. The zero-order chi connectivity index (χ0) is 24.6. The van der Waals surface area contributed by atoms with E-state index in [9.17, 15) is 4.79 Å². The van der Waals surface area contributed by atoms with E-state index in [0.717, 1.165) is 38.9 Å². The van der Waals surface area contributed by atoms with E-state index in [1.807, 2.05) is 78.8 Å². The van der Waals surface area contributed by atoms with Crippen LogP contribution in [-0.2, 0) is 14.3 Å². The van der Waals surface area contributed by atoms with Crippen LogP contribution in [0.3, 0.4) is 0 Å². The maximum Gasteiger partial charge on any atom is 0.311 e. The van der Waals surface area contributed by atoms with Gasteiger partial charge in [-0.05, 0) is 102 Å². The molecule has 0 radical (unpaired) electrons. The number of halogens is 1. The highest BCUT2D eigenvalue weighted by Crippen LogP contribution is 2.40. The number of carbonyl (C=O) groups excluding carboxylic acids is 1. The second-order valence-corrected chi connectivity index (χ2v) is 11.0. The van der Waals surface area contributed by atoms with Crippen LogP contribution >= 0.6 is 11.6 Å². The summed E-state index contributed by atoms with van der Waals surface area (Å²) in [5.41, 5.74) is 4.90. The molecule has 3 aromatic rings. The van der Waals surface area contributed by atoms with Gasteiger partial charge in [0.1, 0.15) is 12.7 Å². The van der Waals surface area contributed by atoms with Gasteiger partial charge in [0.2, 0.25) is 0 Å². The van der Waals surface area contributed by atoms with Gasteiger partial charge in [-0.1, -0.05) is 29.8 Å². The third-order valence-electron chi connectivity index (χ3n) is 5.31. The van der Waals surface area contributed by atoms with E-state index < -0.39 is 17.1 Å². The van der Waals surface area contributed by atoms with Gasteiger partial charge in [-0.3, -0.25) is 9.78 Å². The molecule has 0 spiro atoms. The van der Waals surface area contributed by atoms with Gasteiger partial charge in [-0.15, -0.1) is 0 Å². The molecule has 33 heavy (non-hydrogen) atoms. The maximum atomic E-state index is 12.6. The number of rotatable bonds is 5. The molecule has 5 heteroatoms. The Morgan fingerprint density at radius 1 is 1.00 bits per heavy atom. The molecule has 0 amide bonds. The van der Waals surface area contributed by atoms with Crippen molar-refractivity contribution in [1.29, 1.82) is 0 Å². The number of pyridine rings is 1. The molecule has 0 aliphatic rings. The third-order valence-corrected chi connectivity index (χ3v) is 5.56. The molecule has 0 saturated heterocycles. The minimum atomic E-state index is -0.592. The molecule has 4 nitrogen and oxygen atoms in total. The molecule has 0 fully saturated rings. The standard InChI is InChI=1S/C28H34ClNO3/c1-17-15-22-21(14-9-18(2)30-22)25(19-10-12-20(29)13-11-19)24(17)23(33-28(6,7)8)16-32-26(31)27(3,4)5/h9-15,23H,16H2,1-8H3. The van der Waals surface area contributed by atoms with Crippen molar-refractivity contribution in [1.82, 2.24) is 4.98 Å². The summed E-state index contributed by atoms with van der Waals surface area (Å²) >= 11 is 6.19. The van der Waals surface area contributed by atoms with E-state index in [1.165, 1.54) is 0 Å². The molecule has 1 unspecified atom stereocenters. The molecule has 3 rings (SSSR count). The molecule has 0 aliphatic carbocycles. The van der Waals surface area contributed by atoms with Crippen LogP contribution in [0.2, 0.25) is 5.02 Å². The average molecular weight is 468 g/mol. The summed E-state index contributed by atoms with van der Waals surface area (Å²) in [6.45, 7) is 15.7. The van der Waals surface area contributed by atoms with Gasteiger partial charge in [0.15, 0.2) is 0 Å². The minimum Gasteiger partial charge on any atom is -0.462 e. The van der Waals surface area contributed by atoms with Gasteiger partial charge >= 0.3 is 5.97 Å². The number of carbonyl (C=O) groups is 1. The number of hydrogen-bond acceptors (Lipinski definition) is 4. The Morgan fingerprint density at radius 3 is 2.21 bits per heavy atom. The van der Waals surface area contributed by atoms with Crippen molar-refractivity contribution in [2.75, 3.05) is 6.61 Å². The Labute approximate surface area is 202 Å². The van der Waals surface area contributed by atoms with Crippen molar-refractivity contribution in [2.45, 2.75) is 67.1 Å². The fraction of sp³-hybridized carbons (Fsp3) is 0.429. The largest absolute Gasteiger partial charge is 0.462 e. The Kier molecular flexibility index (Phi) is 7.21. The first-order chi connectivity index (χ1) is 15.3. The fourth-order valence-corrected chi connectivity index (χ4v) is 3.96. The Hall–Kier alpha value is -2.43. The van der Waals surface area contributed by atoms with Gasteiger partial charge < -0.3 is 9.47 Å². The highest BCUT2D eigenvalue weighted by Gasteiger charge is 2.30. The monoisotopic (exact) mass is 467 g/mol. The van der Waals surface area contributed by atoms with E-state index in [0.29, 0.717) is 5.02 Å². The molecule has 1 atom stereocenters. The van der Waals surface area contributed by atoms with Crippen LogP contribution in [0.1, 0.15) is 64.5 Å². The number of fused-ring (bicyclic) bond motifs is 1. The lowest BCUT2D eigenvalue weighted by molar-refractivity contribution is -0.162. The summed E-state index contributed by atoms with van der Waals surface area (Å²) < 4.78 is 12.3. The average Bonchev–Trinajstić information content (AvgIpc) is 2.69. The summed E-state index contributed by atoms with van der Waals surface area (Å²) in [5.74, 6) is -0.256. The molecule has 1 aromatic heterocycles. The zero-order valence-electron chi connectivity index (χ0n) is 20.9. The number of benzene rings is 2. The summed E-state index contributed by atoms with van der Waals surface area (Å²) in [6, 6.07) is 14.0. The third kappa shape index (κ3) is 6.13. The summed E-state index contributed by atoms with van der Waals surface area (Å²) in [4.78, 5) is 17.4. The van der Waals surface area contributed by atoms with Crippen LogP contribution in [-0.4, -0.2) is 23.2 Å². The maximum absolute atomic E-state index is 12.6. The van der Waals surface area contributed by atoms with Crippen molar-refractivity contribution in [3.63, 3.8) is 0 Å². The highest BCUT2D eigenvalue weighted by molar-refractivity contribution is 6.30. The van der Waals surface area contributed by atoms with Gasteiger partial charge in [-0.25, -0.2) is 0 Å². The second-order valence-electron chi connectivity index (χ2n) is 10.6. The predicted molar refractivity (Wildman–Crippen MR) is 136 cm³/mol. The number of hydrogen-bond donors (Lipinski definition) is 0. The van der Waals surface area contributed by atoms with E-state index in [-0.39, 0.29) is 12.6 Å². The quantitative estimate of drug-likeness (QED) is 0.362. The first-order valence-corrected chi connectivity index (χ1v) is 11.7. The van der Waals surface area contributed by atoms with Crippen molar-refractivity contribution in [3.05, 3.63) is 64.3 Å². The molecule has 0 bridgehead atoms. The first-order valence-electron chi connectivity index (χ1n) is 11.3. The van der Waals surface area contributed by atoms with Crippen LogP contribution in [0, 0.1) is 19.3 Å². The SMILES string of the molecule is Cc1ccc2c(-c3ccc(Cl)cc3)c(C(COC(=O)C(C)(C)C)OC(C)(C)C)c(C)cc2n1. The second kappa shape index (κ2) is 9.44. The molecule has 1 heterocycles. The lowest BCUT2D eigenvalue weighted by Gasteiger charge is -2.31. The topological polar surface area (TPSA) is 48.4 Å². The predicted octanol–water partition coefficient (Wildman–Crippen LogP) is 7.62. The lowest BCUT2D eigenvalue weighted by atomic mass is 9.88. The van der Waals surface area contributed by atoms with Gasteiger partial charge in [0, 0.05) is 16.1 Å². The van der Waals surface area contributed by atoms with Gasteiger partial charge in [-0.2, -0.15) is 0 Å². The molecule has 0 saturated carbocycles. The normalized spacial score (nSPS) is 13.2. The number of esters is 1. The molecular formula is C28H34ClNO3. The Morgan fingerprint density at radius 2 is 1.64 bits per heavy atom. The van der Waals surface area contributed by atoms with Gasteiger partial charge in [0.25, 0.3) is 0 Å².